The average Bonchev–Trinajstić information content (AvgIpc) is 2.61. The molecule has 0 saturated carbocycles. The second-order valence-electron chi connectivity index (χ2n) is 3.08. The van der Waals surface area contributed by atoms with Crippen molar-refractivity contribution in [2.24, 2.45) is 0 Å². The molecule has 0 fully saturated rings. The smallest absolute Gasteiger partial charge is 0.220 e. The van der Waals surface area contributed by atoms with Gasteiger partial charge in [0.2, 0.25) is 5.88 Å². The van der Waals surface area contributed by atoms with Crippen LogP contribution in [-0.2, 0) is 0 Å². The second kappa shape index (κ2) is 3.68. The number of methoxy groups -OCH3 is 1. The van der Waals surface area contributed by atoms with E-state index in [1.54, 1.807) is 19.4 Å². The Hall–Kier alpha value is -1.91. The molecule has 0 aliphatic rings. The van der Waals surface area contributed by atoms with E-state index in [1.165, 1.54) is 10.7 Å². The van der Waals surface area contributed by atoms with Gasteiger partial charge >= 0.3 is 0 Å². The molecule has 2 aromatic heterocycles. The summed E-state index contributed by atoms with van der Waals surface area (Å²) in [6.07, 6.45) is 2.82. The van der Waals surface area contributed by atoms with Crippen molar-refractivity contribution >= 4 is 0 Å². The van der Waals surface area contributed by atoms with E-state index in [4.69, 9.17) is 4.74 Å². The van der Waals surface area contributed by atoms with Gasteiger partial charge in [0.05, 0.1) is 19.5 Å². The molecule has 15 heavy (non-hydrogen) atoms. The summed E-state index contributed by atoms with van der Waals surface area (Å²) in [7, 11) is 1.56. The SMILES string of the molecule is COc1c(C)cnn1-c1ccc(F)cn1. The largest absolute Gasteiger partial charge is 0.481 e. The predicted molar refractivity (Wildman–Crippen MR) is 52.6 cm³/mol. The molecule has 2 heterocycles. The van der Waals surface area contributed by atoms with Crippen LogP contribution < -0.4 is 4.74 Å². The van der Waals surface area contributed by atoms with Crippen molar-refractivity contribution < 1.29 is 9.13 Å². The molecule has 5 heteroatoms. The first-order valence-corrected chi connectivity index (χ1v) is 4.43. The topological polar surface area (TPSA) is 39.9 Å². The zero-order chi connectivity index (χ0) is 10.8. The minimum absolute atomic E-state index is 0.374. The summed E-state index contributed by atoms with van der Waals surface area (Å²) in [5.74, 6) is 0.761. The van der Waals surface area contributed by atoms with E-state index in [-0.39, 0.29) is 5.82 Å². The highest BCUT2D eigenvalue weighted by atomic mass is 19.1. The normalized spacial score (nSPS) is 10.3. The highest BCUT2D eigenvalue weighted by Crippen LogP contribution is 2.19. The van der Waals surface area contributed by atoms with Gasteiger partial charge in [0, 0.05) is 5.56 Å². The molecule has 0 amide bonds. The number of hydrogen-bond donors (Lipinski definition) is 0. The van der Waals surface area contributed by atoms with Crippen molar-refractivity contribution in [3.8, 4) is 11.7 Å². The summed E-state index contributed by atoms with van der Waals surface area (Å²) < 4.78 is 19.4. The number of hydrogen-bond acceptors (Lipinski definition) is 3. The first-order valence-electron chi connectivity index (χ1n) is 4.43. The molecule has 0 spiro atoms. The van der Waals surface area contributed by atoms with Gasteiger partial charge in [0.25, 0.3) is 0 Å². The van der Waals surface area contributed by atoms with Crippen LogP contribution in [0.5, 0.6) is 5.88 Å². The fourth-order valence-corrected chi connectivity index (χ4v) is 1.32. The zero-order valence-electron chi connectivity index (χ0n) is 8.44. The van der Waals surface area contributed by atoms with Crippen LogP contribution in [-0.4, -0.2) is 21.9 Å². The number of aryl methyl sites for hydroxylation is 1. The van der Waals surface area contributed by atoms with Crippen molar-refractivity contribution in [1.29, 1.82) is 0 Å². The minimum atomic E-state index is -0.374. The molecule has 4 nitrogen and oxygen atoms in total. The standard InChI is InChI=1S/C10H10FN3O/c1-7-5-13-14(10(7)15-2)9-4-3-8(11)6-12-9/h3-6H,1-2H3. The first kappa shape index (κ1) is 9.64. The van der Waals surface area contributed by atoms with Crippen molar-refractivity contribution in [3.05, 3.63) is 35.9 Å². The predicted octanol–water partition coefficient (Wildman–Crippen LogP) is 1.72. The van der Waals surface area contributed by atoms with Crippen molar-refractivity contribution in [2.75, 3.05) is 7.11 Å². The van der Waals surface area contributed by atoms with E-state index >= 15 is 0 Å². The molecule has 0 aliphatic heterocycles. The molecule has 0 N–H and O–H groups in total. The fourth-order valence-electron chi connectivity index (χ4n) is 1.32. The highest BCUT2D eigenvalue weighted by molar-refractivity contribution is 5.32. The van der Waals surface area contributed by atoms with Crippen LogP contribution in [0.15, 0.2) is 24.5 Å². The molecule has 0 atom stereocenters. The fraction of sp³-hybridized carbons (Fsp3) is 0.200. The summed E-state index contributed by atoms with van der Waals surface area (Å²) in [4.78, 5) is 3.92. The van der Waals surface area contributed by atoms with Gasteiger partial charge in [0.1, 0.15) is 5.82 Å². The number of aromatic nitrogens is 3. The molecule has 0 radical (unpaired) electrons. The molecular formula is C10H10FN3O. The van der Waals surface area contributed by atoms with Crippen LogP contribution in [0.25, 0.3) is 5.82 Å². The van der Waals surface area contributed by atoms with Crippen LogP contribution >= 0.6 is 0 Å². The summed E-state index contributed by atoms with van der Waals surface area (Å²) in [6.45, 7) is 1.88. The van der Waals surface area contributed by atoms with Gasteiger partial charge in [-0.1, -0.05) is 0 Å². The number of ether oxygens (including phenoxy) is 1. The summed E-state index contributed by atoms with van der Waals surface area (Å²) in [5, 5.41) is 4.09. The highest BCUT2D eigenvalue weighted by Gasteiger charge is 2.09. The monoisotopic (exact) mass is 207 g/mol. The lowest BCUT2D eigenvalue weighted by molar-refractivity contribution is 0.379. The molecular weight excluding hydrogens is 197 g/mol. The molecule has 0 saturated heterocycles. The van der Waals surface area contributed by atoms with Crippen LogP contribution in [0.1, 0.15) is 5.56 Å². The summed E-state index contributed by atoms with van der Waals surface area (Å²) >= 11 is 0. The van der Waals surface area contributed by atoms with Gasteiger partial charge in [0.15, 0.2) is 5.82 Å². The maximum absolute atomic E-state index is 12.7. The van der Waals surface area contributed by atoms with Crippen molar-refractivity contribution in [1.82, 2.24) is 14.8 Å². The average molecular weight is 207 g/mol. The lowest BCUT2D eigenvalue weighted by Crippen LogP contribution is -2.02. The lowest BCUT2D eigenvalue weighted by Gasteiger charge is -2.05. The third-order valence-electron chi connectivity index (χ3n) is 2.02. The molecule has 0 aromatic carbocycles. The number of pyridine rings is 1. The van der Waals surface area contributed by atoms with Gasteiger partial charge in [-0.25, -0.2) is 9.37 Å². The Kier molecular flexibility index (Phi) is 2.37. The van der Waals surface area contributed by atoms with E-state index in [1.807, 2.05) is 6.92 Å². The Morgan fingerprint density at radius 1 is 1.33 bits per heavy atom. The van der Waals surface area contributed by atoms with E-state index in [0.29, 0.717) is 11.7 Å². The maximum Gasteiger partial charge on any atom is 0.220 e. The number of nitrogens with zero attached hydrogens (tertiary/aromatic N) is 3. The minimum Gasteiger partial charge on any atom is -0.481 e. The van der Waals surface area contributed by atoms with E-state index in [2.05, 4.69) is 10.1 Å². The first-order chi connectivity index (χ1) is 7.22. The van der Waals surface area contributed by atoms with Gasteiger partial charge in [-0.05, 0) is 19.1 Å². The summed E-state index contributed by atoms with van der Waals surface area (Å²) in [6, 6.07) is 2.88. The van der Waals surface area contributed by atoms with Crippen LogP contribution in [0.3, 0.4) is 0 Å². The van der Waals surface area contributed by atoms with Crippen LogP contribution in [0, 0.1) is 12.7 Å². The quantitative estimate of drug-likeness (QED) is 0.752. The zero-order valence-corrected chi connectivity index (χ0v) is 8.44. The maximum atomic E-state index is 12.7. The molecule has 2 aromatic rings. The van der Waals surface area contributed by atoms with E-state index < -0.39 is 0 Å². The van der Waals surface area contributed by atoms with E-state index in [9.17, 15) is 4.39 Å². The number of halogens is 1. The Morgan fingerprint density at radius 3 is 2.73 bits per heavy atom. The van der Waals surface area contributed by atoms with Crippen molar-refractivity contribution in [3.63, 3.8) is 0 Å². The third-order valence-corrected chi connectivity index (χ3v) is 2.02. The van der Waals surface area contributed by atoms with Crippen LogP contribution in [0.4, 0.5) is 4.39 Å². The van der Waals surface area contributed by atoms with Crippen LogP contribution in [0.2, 0.25) is 0 Å². The lowest BCUT2D eigenvalue weighted by atomic mass is 10.4. The van der Waals surface area contributed by atoms with Gasteiger partial charge in [-0.2, -0.15) is 9.78 Å². The van der Waals surface area contributed by atoms with Gasteiger partial charge < -0.3 is 4.74 Å². The summed E-state index contributed by atoms with van der Waals surface area (Å²) in [5.41, 5.74) is 0.906. The Labute approximate surface area is 86.3 Å². The molecule has 0 bridgehead atoms. The third kappa shape index (κ3) is 1.68. The molecule has 0 aliphatic carbocycles. The number of rotatable bonds is 2. The Morgan fingerprint density at radius 2 is 2.13 bits per heavy atom. The van der Waals surface area contributed by atoms with Gasteiger partial charge in [-0.15, -0.1) is 0 Å². The Balaban J connectivity index is 2.49. The Bertz CT molecular complexity index is 464. The van der Waals surface area contributed by atoms with E-state index in [0.717, 1.165) is 11.8 Å². The molecule has 0 unspecified atom stereocenters. The second-order valence-corrected chi connectivity index (χ2v) is 3.08. The van der Waals surface area contributed by atoms with Crippen molar-refractivity contribution in [2.45, 2.75) is 6.92 Å². The molecule has 2 rings (SSSR count). The van der Waals surface area contributed by atoms with Gasteiger partial charge in [-0.3, -0.25) is 0 Å². The molecule has 78 valence electrons.